The maximum atomic E-state index is 4.70. The van der Waals surface area contributed by atoms with Crippen molar-refractivity contribution < 1.29 is 0 Å². The highest BCUT2D eigenvalue weighted by Gasteiger charge is 2.22. The van der Waals surface area contributed by atoms with Gasteiger partial charge in [-0.25, -0.2) is 9.50 Å². The second-order valence-corrected chi connectivity index (χ2v) is 7.21. The maximum Gasteiger partial charge on any atom is 0.214 e. The molecule has 0 saturated carbocycles. The zero-order valence-corrected chi connectivity index (χ0v) is 12.9. The van der Waals surface area contributed by atoms with Crippen LogP contribution in [0.1, 0.15) is 26.5 Å². The highest BCUT2D eigenvalue weighted by atomic mass is 32.1. The largest absolute Gasteiger partial charge is 0.344 e. The predicted octanol–water partition coefficient (Wildman–Crippen LogP) is 1.84. The fourth-order valence-electron chi connectivity index (χ4n) is 2.18. The van der Waals surface area contributed by atoms with Crippen molar-refractivity contribution in [2.75, 3.05) is 38.1 Å². The molecule has 0 spiro atoms. The Kier molecular flexibility index (Phi) is 3.02. The third-order valence-corrected chi connectivity index (χ3v) is 4.56. The fourth-order valence-corrected chi connectivity index (χ4v) is 3.11. The van der Waals surface area contributed by atoms with E-state index in [1.54, 1.807) is 11.3 Å². The van der Waals surface area contributed by atoms with Crippen molar-refractivity contribution in [1.29, 1.82) is 0 Å². The molecule has 0 aromatic carbocycles. The van der Waals surface area contributed by atoms with Gasteiger partial charge < -0.3 is 9.80 Å². The lowest BCUT2D eigenvalue weighted by atomic mass is 9.93. The van der Waals surface area contributed by atoms with Crippen LogP contribution in [0.2, 0.25) is 0 Å². The Morgan fingerprint density at radius 3 is 2.42 bits per heavy atom. The number of nitrogens with zero attached hydrogens (tertiary/aromatic N) is 5. The Labute approximate surface area is 117 Å². The first-order valence-corrected chi connectivity index (χ1v) is 7.55. The molecule has 0 radical (unpaired) electrons. The molecule has 0 N–H and O–H groups in total. The van der Waals surface area contributed by atoms with E-state index in [0.717, 1.165) is 42.0 Å². The second kappa shape index (κ2) is 4.45. The fraction of sp³-hybridized carbons (Fsp3) is 0.692. The van der Waals surface area contributed by atoms with Gasteiger partial charge in [0.05, 0.1) is 11.9 Å². The van der Waals surface area contributed by atoms with Gasteiger partial charge in [0.25, 0.3) is 0 Å². The van der Waals surface area contributed by atoms with Gasteiger partial charge in [0.15, 0.2) is 0 Å². The number of hydrogen-bond donors (Lipinski definition) is 0. The molecule has 3 rings (SSSR count). The molecular weight excluding hydrogens is 258 g/mol. The van der Waals surface area contributed by atoms with E-state index in [-0.39, 0.29) is 5.41 Å². The summed E-state index contributed by atoms with van der Waals surface area (Å²) in [5.74, 6) is 0. The molecule has 5 nitrogen and oxygen atoms in total. The van der Waals surface area contributed by atoms with Crippen molar-refractivity contribution in [3.8, 4) is 0 Å². The minimum absolute atomic E-state index is 0.0847. The molecule has 1 fully saturated rings. The normalized spacial score (nSPS) is 18.4. The van der Waals surface area contributed by atoms with Gasteiger partial charge in [-0.15, -0.1) is 5.10 Å². The quantitative estimate of drug-likeness (QED) is 0.798. The minimum Gasteiger partial charge on any atom is -0.344 e. The molecule has 0 aliphatic carbocycles. The Morgan fingerprint density at radius 2 is 1.84 bits per heavy atom. The average Bonchev–Trinajstić information content (AvgIpc) is 2.86. The van der Waals surface area contributed by atoms with Gasteiger partial charge >= 0.3 is 0 Å². The second-order valence-electron chi connectivity index (χ2n) is 6.28. The molecule has 104 valence electrons. The molecule has 3 heterocycles. The van der Waals surface area contributed by atoms with E-state index in [0.29, 0.717) is 0 Å². The van der Waals surface area contributed by atoms with Gasteiger partial charge in [-0.05, 0) is 7.05 Å². The number of aromatic nitrogens is 3. The number of hydrogen-bond acceptors (Lipinski definition) is 5. The van der Waals surface area contributed by atoms with Crippen molar-refractivity contribution in [2.24, 2.45) is 0 Å². The molecule has 1 aliphatic rings. The minimum atomic E-state index is 0.0847. The summed E-state index contributed by atoms with van der Waals surface area (Å²) in [6.07, 6.45) is 2.06. The van der Waals surface area contributed by atoms with Gasteiger partial charge in [-0.1, -0.05) is 32.1 Å². The lowest BCUT2D eigenvalue weighted by Gasteiger charge is -2.31. The van der Waals surface area contributed by atoms with Gasteiger partial charge in [0, 0.05) is 31.6 Å². The van der Waals surface area contributed by atoms with E-state index in [9.17, 15) is 0 Å². The zero-order valence-electron chi connectivity index (χ0n) is 12.1. The molecule has 0 bridgehead atoms. The number of piperazine rings is 1. The first-order valence-electron chi connectivity index (χ1n) is 6.74. The Balaban J connectivity index is 1.85. The lowest BCUT2D eigenvalue weighted by Crippen LogP contribution is -2.44. The summed E-state index contributed by atoms with van der Waals surface area (Å²) in [7, 11) is 2.17. The maximum absolute atomic E-state index is 4.70. The van der Waals surface area contributed by atoms with Gasteiger partial charge in [0.2, 0.25) is 10.1 Å². The first kappa shape index (κ1) is 12.9. The number of anilines is 1. The van der Waals surface area contributed by atoms with Crippen LogP contribution in [0.15, 0.2) is 6.20 Å². The summed E-state index contributed by atoms with van der Waals surface area (Å²) in [4.78, 5) is 10.4. The van der Waals surface area contributed by atoms with Crippen LogP contribution in [0, 0.1) is 0 Å². The standard InChI is InChI=1S/C13H21N5S/c1-13(2,3)10-9-18-11(14-10)19-12(15-18)17-7-5-16(4)6-8-17/h9H,5-8H2,1-4H3. The van der Waals surface area contributed by atoms with Gasteiger partial charge in [-0.2, -0.15) is 0 Å². The van der Waals surface area contributed by atoms with Gasteiger partial charge in [-0.3, -0.25) is 0 Å². The number of imidazole rings is 1. The zero-order chi connectivity index (χ0) is 13.6. The number of rotatable bonds is 1. The van der Waals surface area contributed by atoms with E-state index in [1.807, 2.05) is 4.52 Å². The third-order valence-electron chi connectivity index (χ3n) is 3.57. The molecule has 1 saturated heterocycles. The van der Waals surface area contributed by atoms with E-state index in [2.05, 4.69) is 48.9 Å². The Hall–Kier alpha value is -1.14. The summed E-state index contributed by atoms with van der Waals surface area (Å²) in [6.45, 7) is 10.9. The van der Waals surface area contributed by atoms with E-state index in [1.165, 1.54) is 0 Å². The number of fused-ring (bicyclic) bond motifs is 1. The van der Waals surface area contributed by atoms with Crippen LogP contribution in [0.5, 0.6) is 0 Å². The topological polar surface area (TPSA) is 36.7 Å². The summed E-state index contributed by atoms with van der Waals surface area (Å²) in [5, 5.41) is 5.77. The van der Waals surface area contributed by atoms with E-state index >= 15 is 0 Å². The van der Waals surface area contributed by atoms with Crippen LogP contribution in [-0.2, 0) is 5.41 Å². The van der Waals surface area contributed by atoms with Crippen LogP contribution >= 0.6 is 11.3 Å². The molecule has 1 aliphatic heterocycles. The van der Waals surface area contributed by atoms with Crippen molar-refractivity contribution in [2.45, 2.75) is 26.2 Å². The molecule has 0 atom stereocenters. The van der Waals surface area contributed by atoms with Crippen molar-refractivity contribution in [3.63, 3.8) is 0 Å². The van der Waals surface area contributed by atoms with Crippen LogP contribution < -0.4 is 4.90 Å². The summed E-state index contributed by atoms with van der Waals surface area (Å²) in [5.41, 5.74) is 1.19. The van der Waals surface area contributed by atoms with E-state index < -0.39 is 0 Å². The molecule has 0 unspecified atom stereocenters. The highest BCUT2D eigenvalue weighted by Crippen LogP contribution is 2.27. The van der Waals surface area contributed by atoms with Crippen molar-refractivity contribution >= 4 is 21.4 Å². The Bertz CT molecular complexity index is 540. The Morgan fingerprint density at radius 1 is 1.16 bits per heavy atom. The molecule has 6 heteroatoms. The lowest BCUT2D eigenvalue weighted by molar-refractivity contribution is 0.312. The van der Waals surface area contributed by atoms with Crippen LogP contribution in [0.25, 0.3) is 4.96 Å². The first-order chi connectivity index (χ1) is 8.93. The van der Waals surface area contributed by atoms with Crippen molar-refractivity contribution in [1.82, 2.24) is 19.5 Å². The van der Waals surface area contributed by atoms with Crippen LogP contribution in [-0.4, -0.2) is 52.7 Å². The summed E-state index contributed by atoms with van der Waals surface area (Å²) >= 11 is 1.69. The molecule has 2 aromatic heterocycles. The summed E-state index contributed by atoms with van der Waals surface area (Å²) < 4.78 is 1.93. The van der Waals surface area contributed by atoms with Crippen LogP contribution in [0.4, 0.5) is 5.13 Å². The van der Waals surface area contributed by atoms with Crippen molar-refractivity contribution in [3.05, 3.63) is 11.9 Å². The smallest absolute Gasteiger partial charge is 0.214 e. The van der Waals surface area contributed by atoms with E-state index in [4.69, 9.17) is 4.98 Å². The molecule has 19 heavy (non-hydrogen) atoms. The molecule has 0 amide bonds. The third kappa shape index (κ3) is 2.47. The van der Waals surface area contributed by atoms with Crippen LogP contribution in [0.3, 0.4) is 0 Å². The average molecular weight is 279 g/mol. The monoisotopic (exact) mass is 279 g/mol. The molecular formula is C13H21N5S. The summed E-state index contributed by atoms with van der Waals surface area (Å²) in [6, 6.07) is 0. The SMILES string of the molecule is CN1CCN(c2nn3cc(C(C)(C)C)nc3s2)CC1. The highest BCUT2D eigenvalue weighted by molar-refractivity contribution is 7.20. The number of likely N-dealkylation sites (N-methyl/N-ethyl adjacent to an activating group) is 1. The van der Waals surface area contributed by atoms with Gasteiger partial charge in [0.1, 0.15) is 0 Å². The molecule has 2 aromatic rings. The predicted molar refractivity (Wildman–Crippen MR) is 79.3 cm³/mol.